The van der Waals surface area contributed by atoms with E-state index in [0.717, 1.165) is 12.0 Å². The third-order valence-corrected chi connectivity index (χ3v) is 1.15. The average molecular weight is 148 g/mol. The third kappa shape index (κ3) is 2.71. The van der Waals surface area contributed by atoms with Gasteiger partial charge in [-0.25, -0.2) is 0 Å². The predicted octanol–water partition coefficient (Wildman–Crippen LogP) is 1.13. The highest BCUT2D eigenvalue weighted by molar-refractivity contribution is 6.16. The van der Waals surface area contributed by atoms with Crippen LogP contribution in [0.15, 0.2) is 34.0 Å². The first-order valence-corrected chi connectivity index (χ1v) is 3.28. The number of hydrogen-bond donors (Lipinski definition) is 0. The molecule has 0 aromatic rings. The van der Waals surface area contributed by atoms with Crippen LogP contribution in [0.1, 0.15) is 6.42 Å². The molecule has 0 fully saturated rings. The fraction of sp³-hybridized carbons (Fsp3) is 0.125. The summed E-state index contributed by atoms with van der Waals surface area (Å²) in [6.07, 6.45) is 9.50. The minimum absolute atomic E-state index is 0.356. The Morgan fingerprint density at radius 3 is 3.18 bits per heavy atom. The molecule has 11 heavy (non-hydrogen) atoms. The molecule has 0 N–H and O–H groups in total. The van der Waals surface area contributed by atoms with Crippen LogP contribution in [0.4, 0.5) is 0 Å². The Kier molecular flexibility index (Phi) is 2.99. The number of allylic oxidation sites excluding steroid dienone is 3. The normalized spacial score (nSPS) is 15.5. The van der Waals surface area contributed by atoms with Gasteiger partial charge in [-0.2, -0.15) is 0 Å². The van der Waals surface area contributed by atoms with Crippen LogP contribution in [-0.4, -0.2) is 18.7 Å². The van der Waals surface area contributed by atoms with Gasteiger partial charge in [-0.05, 0) is 12.2 Å². The molecule has 0 spiro atoms. The van der Waals surface area contributed by atoms with Gasteiger partial charge in [-0.3, -0.25) is 9.98 Å². The highest BCUT2D eigenvalue weighted by Crippen LogP contribution is 2.01. The molecule has 0 aromatic heterocycles. The number of aldehydes is 1. The summed E-state index contributed by atoms with van der Waals surface area (Å²) in [7, 11) is 0. The number of carbonyl (C=O) groups is 1. The van der Waals surface area contributed by atoms with Gasteiger partial charge in [0.15, 0.2) is 0 Å². The summed E-state index contributed by atoms with van der Waals surface area (Å²) in [6, 6.07) is 0. The Balaban J connectivity index is 2.69. The zero-order chi connectivity index (χ0) is 7.94. The minimum Gasteiger partial charge on any atom is -0.303 e. The quantitative estimate of drug-likeness (QED) is 0.541. The molecule has 0 saturated carbocycles. The zero-order valence-corrected chi connectivity index (χ0v) is 5.97. The molecular weight excluding hydrogens is 140 g/mol. The fourth-order valence-corrected chi connectivity index (χ4v) is 0.670. The Hall–Kier alpha value is -1.51. The standard InChI is InChI=1S/C8H8N2O/c11-7-3-8-2-1-4-9-5-6-10-8/h1-2,4-7H,3H2. The molecule has 1 aliphatic heterocycles. The Morgan fingerprint density at radius 2 is 2.36 bits per heavy atom. The Morgan fingerprint density at radius 1 is 1.45 bits per heavy atom. The first kappa shape index (κ1) is 7.60. The van der Waals surface area contributed by atoms with Crippen LogP contribution in [0.2, 0.25) is 0 Å². The van der Waals surface area contributed by atoms with E-state index in [-0.39, 0.29) is 0 Å². The van der Waals surface area contributed by atoms with Crippen LogP contribution < -0.4 is 0 Å². The van der Waals surface area contributed by atoms with Gasteiger partial charge in [0, 0.05) is 30.7 Å². The van der Waals surface area contributed by atoms with E-state index >= 15 is 0 Å². The molecular formula is C8H8N2O. The highest BCUT2D eigenvalue weighted by Gasteiger charge is 1.89. The maximum Gasteiger partial charge on any atom is 0.125 e. The van der Waals surface area contributed by atoms with Crippen LogP contribution in [0, 0.1) is 0 Å². The van der Waals surface area contributed by atoms with Crippen molar-refractivity contribution in [1.82, 2.24) is 0 Å². The van der Waals surface area contributed by atoms with Crippen molar-refractivity contribution in [1.29, 1.82) is 0 Å². The second-order valence-electron chi connectivity index (χ2n) is 1.95. The van der Waals surface area contributed by atoms with Crippen molar-refractivity contribution in [2.75, 3.05) is 0 Å². The maximum absolute atomic E-state index is 10.1. The van der Waals surface area contributed by atoms with Crippen molar-refractivity contribution >= 4 is 18.7 Å². The molecule has 0 radical (unpaired) electrons. The molecule has 0 bridgehead atoms. The van der Waals surface area contributed by atoms with Gasteiger partial charge in [-0.15, -0.1) is 0 Å². The summed E-state index contributed by atoms with van der Waals surface area (Å²) in [6.45, 7) is 0. The van der Waals surface area contributed by atoms with Crippen molar-refractivity contribution in [2.24, 2.45) is 9.98 Å². The minimum atomic E-state index is 0.356. The average Bonchev–Trinajstić information content (AvgIpc) is 1.94. The SMILES string of the molecule is O=CCC1=CC=CN=CC=N1. The molecule has 0 unspecified atom stereocenters. The van der Waals surface area contributed by atoms with Crippen molar-refractivity contribution in [3.05, 3.63) is 24.0 Å². The van der Waals surface area contributed by atoms with Gasteiger partial charge in [-0.1, -0.05) is 0 Å². The highest BCUT2D eigenvalue weighted by atomic mass is 16.1. The second-order valence-corrected chi connectivity index (χ2v) is 1.95. The zero-order valence-electron chi connectivity index (χ0n) is 5.97. The molecule has 0 aliphatic carbocycles. The van der Waals surface area contributed by atoms with Gasteiger partial charge < -0.3 is 4.79 Å². The summed E-state index contributed by atoms with van der Waals surface area (Å²) in [5.41, 5.74) is 0.752. The molecule has 1 aliphatic rings. The first-order valence-electron chi connectivity index (χ1n) is 3.28. The topological polar surface area (TPSA) is 41.8 Å². The third-order valence-electron chi connectivity index (χ3n) is 1.15. The summed E-state index contributed by atoms with van der Waals surface area (Å²) in [5, 5.41) is 0. The van der Waals surface area contributed by atoms with Crippen LogP contribution in [0.25, 0.3) is 0 Å². The number of aliphatic imine (C=N–C) groups is 2. The second kappa shape index (κ2) is 4.33. The van der Waals surface area contributed by atoms with E-state index in [0.29, 0.717) is 6.42 Å². The van der Waals surface area contributed by atoms with Crippen LogP contribution in [-0.2, 0) is 4.79 Å². The lowest BCUT2D eigenvalue weighted by molar-refractivity contribution is -0.107. The number of hydrogen-bond acceptors (Lipinski definition) is 3. The number of rotatable bonds is 2. The molecule has 3 heteroatoms. The molecule has 1 rings (SSSR count). The summed E-state index contributed by atoms with van der Waals surface area (Å²) >= 11 is 0. The Bertz CT molecular complexity index is 249. The maximum atomic E-state index is 10.1. The van der Waals surface area contributed by atoms with Gasteiger partial charge in [0.2, 0.25) is 0 Å². The molecule has 0 atom stereocenters. The van der Waals surface area contributed by atoms with E-state index in [9.17, 15) is 4.79 Å². The van der Waals surface area contributed by atoms with Crippen LogP contribution in [0.3, 0.4) is 0 Å². The van der Waals surface area contributed by atoms with E-state index in [4.69, 9.17) is 0 Å². The van der Waals surface area contributed by atoms with Crippen LogP contribution >= 0.6 is 0 Å². The van der Waals surface area contributed by atoms with E-state index in [2.05, 4.69) is 9.98 Å². The first-order chi connectivity index (χ1) is 5.43. The van der Waals surface area contributed by atoms with E-state index < -0.39 is 0 Å². The van der Waals surface area contributed by atoms with Gasteiger partial charge in [0.25, 0.3) is 0 Å². The Labute approximate surface area is 64.9 Å². The van der Waals surface area contributed by atoms with E-state index in [1.807, 2.05) is 0 Å². The van der Waals surface area contributed by atoms with Crippen molar-refractivity contribution < 1.29 is 4.79 Å². The van der Waals surface area contributed by atoms with Gasteiger partial charge in [0.1, 0.15) is 6.29 Å². The van der Waals surface area contributed by atoms with Crippen LogP contribution in [0.5, 0.6) is 0 Å². The molecule has 0 saturated heterocycles. The van der Waals surface area contributed by atoms with Crippen molar-refractivity contribution in [3.63, 3.8) is 0 Å². The number of carbonyl (C=O) groups excluding carboxylic acids is 1. The van der Waals surface area contributed by atoms with E-state index in [1.54, 1.807) is 30.8 Å². The molecule has 56 valence electrons. The lowest BCUT2D eigenvalue weighted by Crippen LogP contribution is -1.84. The monoisotopic (exact) mass is 148 g/mol. The molecule has 3 nitrogen and oxygen atoms in total. The summed E-state index contributed by atoms with van der Waals surface area (Å²) in [5.74, 6) is 0. The molecule has 1 heterocycles. The fourth-order valence-electron chi connectivity index (χ4n) is 0.670. The smallest absolute Gasteiger partial charge is 0.125 e. The lowest BCUT2D eigenvalue weighted by atomic mass is 10.3. The van der Waals surface area contributed by atoms with Gasteiger partial charge >= 0.3 is 0 Å². The van der Waals surface area contributed by atoms with Crippen molar-refractivity contribution in [3.8, 4) is 0 Å². The largest absolute Gasteiger partial charge is 0.303 e. The predicted molar refractivity (Wildman–Crippen MR) is 44.9 cm³/mol. The van der Waals surface area contributed by atoms with E-state index in [1.165, 1.54) is 0 Å². The lowest BCUT2D eigenvalue weighted by Gasteiger charge is -1.92. The number of nitrogens with zero attached hydrogens (tertiary/aromatic N) is 2. The van der Waals surface area contributed by atoms with Gasteiger partial charge in [0.05, 0.1) is 0 Å². The van der Waals surface area contributed by atoms with Crippen molar-refractivity contribution in [2.45, 2.75) is 6.42 Å². The molecule has 0 amide bonds. The summed E-state index contributed by atoms with van der Waals surface area (Å²) < 4.78 is 0. The summed E-state index contributed by atoms with van der Waals surface area (Å²) in [4.78, 5) is 17.9. The molecule has 0 aromatic carbocycles.